The Morgan fingerprint density at radius 3 is 3.00 bits per heavy atom. The number of hydrogen-bond donors (Lipinski definition) is 1. The van der Waals surface area contributed by atoms with Crippen molar-refractivity contribution in [3.8, 4) is 0 Å². The highest BCUT2D eigenvalue weighted by Gasteiger charge is 2.00. The fraction of sp³-hybridized carbons (Fsp3) is 0. The molecule has 0 spiro atoms. The second kappa shape index (κ2) is 1.91. The molecule has 0 aliphatic heterocycles. The minimum atomic E-state index is 1.24. The molecule has 0 unspecified atom stereocenters. The van der Waals surface area contributed by atoms with Gasteiger partial charge in [0.15, 0.2) is 0 Å². The Balaban J connectivity index is 2.68. The first kappa shape index (κ1) is 5.89. The molecule has 0 saturated heterocycles. The number of rotatable bonds is 0. The Morgan fingerprint density at radius 1 is 1.08 bits per heavy atom. The van der Waals surface area contributed by atoms with Crippen molar-refractivity contribution in [1.82, 2.24) is 9.61 Å². The molecular weight excluding hydrogens is 148 g/mol. The highest BCUT2D eigenvalue weighted by Crippen LogP contribution is 2.20. The molecule has 3 rings (SSSR count). The summed E-state index contributed by atoms with van der Waals surface area (Å²) in [5.41, 5.74) is 1.24. The molecule has 0 saturated carbocycles. The van der Waals surface area contributed by atoms with E-state index in [4.69, 9.17) is 0 Å². The first-order valence-corrected chi connectivity index (χ1v) is 3.98. The summed E-state index contributed by atoms with van der Waals surface area (Å²) in [4.78, 5) is 0. The van der Waals surface area contributed by atoms with E-state index in [1.165, 1.54) is 16.3 Å². The molecule has 0 atom stereocenters. The average Bonchev–Trinajstić information content (AvgIpc) is 2.62. The number of aromatic nitrogens is 2. The summed E-state index contributed by atoms with van der Waals surface area (Å²) in [5.74, 6) is 0. The zero-order valence-corrected chi connectivity index (χ0v) is 6.49. The maximum absolute atomic E-state index is 3.13. The van der Waals surface area contributed by atoms with Gasteiger partial charge in [0.1, 0.15) is 0 Å². The molecular formula is C10H8N2. The lowest BCUT2D eigenvalue weighted by atomic mass is 10.2. The molecule has 3 aromatic rings. The van der Waals surface area contributed by atoms with E-state index in [2.05, 4.69) is 41.6 Å². The van der Waals surface area contributed by atoms with Gasteiger partial charge >= 0.3 is 0 Å². The van der Waals surface area contributed by atoms with E-state index >= 15 is 0 Å². The van der Waals surface area contributed by atoms with Crippen molar-refractivity contribution in [3.63, 3.8) is 0 Å². The fourth-order valence-corrected chi connectivity index (χ4v) is 1.65. The number of hydrogen-bond acceptors (Lipinski definition) is 0. The Bertz CT molecular complexity index is 530. The molecule has 0 aliphatic rings. The van der Waals surface area contributed by atoms with Crippen molar-refractivity contribution in [2.24, 2.45) is 0 Å². The van der Waals surface area contributed by atoms with Crippen LogP contribution in [0.5, 0.6) is 0 Å². The number of benzene rings is 1. The minimum absolute atomic E-state index is 1.24. The van der Waals surface area contributed by atoms with E-state index in [0.29, 0.717) is 0 Å². The number of nitrogens with one attached hydrogen (secondary N) is 1. The van der Waals surface area contributed by atoms with Crippen molar-refractivity contribution >= 4 is 16.3 Å². The van der Waals surface area contributed by atoms with Crippen LogP contribution in [0.3, 0.4) is 0 Å². The average molecular weight is 156 g/mol. The summed E-state index contributed by atoms with van der Waals surface area (Å²) in [6.07, 6.45) is 4.05. The third-order valence-electron chi connectivity index (χ3n) is 2.22. The monoisotopic (exact) mass is 156 g/mol. The van der Waals surface area contributed by atoms with Gasteiger partial charge in [0.25, 0.3) is 0 Å². The van der Waals surface area contributed by atoms with Crippen molar-refractivity contribution in [3.05, 3.63) is 42.7 Å². The number of H-pyrrole nitrogens is 1. The topological polar surface area (TPSA) is 20.2 Å². The maximum Gasteiger partial charge on any atom is 0.0717 e. The van der Waals surface area contributed by atoms with E-state index in [1.807, 2.05) is 10.7 Å². The Labute approximate surface area is 69.4 Å². The number of nitrogens with zero attached hydrogens (tertiary/aromatic N) is 1. The molecule has 2 heterocycles. The van der Waals surface area contributed by atoms with Crippen LogP contribution in [0.2, 0.25) is 0 Å². The molecule has 0 amide bonds. The molecule has 0 fully saturated rings. The predicted octanol–water partition coefficient (Wildman–Crippen LogP) is 2.42. The first-order chi connectivity index (χ1) is 5.95. The minimum Gasteiger partial charge on any atom is -0.302 e. The fourth-order valence-electron chi connectivity index (χ4n) is 1.65. The van der Waals surface area contributed by atoms with Gasteiger partial charge in [-0.3, -0.25) is 4.52 Å². The molecule has 1 aromatic carbocycles. The van der Waals surface area contributed by atoms with Crippen LogP contribution in [0, 0.1) is 0 Å². The zero-order chi connectivity index (χ0) is 7.97. The second-order valence-corrected chi connectivity index (χ2v) is 2.93. The van der Waals surface area contributed by atoms with Gasteiger partial charge in [-0.1, -0.05) is 24.3 Å². The lowest BCUT2D eigenvalue weighted by Gasteiger charge is -1.84. The third-order valence-corrected chi connectivity index (χ3v) is 2.22. The third kappa shape index (κ3) is 0.593. The molecule has 0 aliphatic carbocycles. The van der Waals surface area contributed by atoms with Gasteiger partial charge in [-0.05, 0) is 6.07 Å². The Kier molecular flexibility index (Phi) is 0.939. The summed E-state index contributed by atoms with van der Waals surface area (Å²) < 4.78 is 2.03. The van der Waals surface area contributed by atoms with Crippen LogP contribution < -0.4 is 0 Å². The van der Waals surface area contributed by atoms with Crippen LogP contribution in [0.4, 0.5) is 0 Å². The van der Waals surface area contributed by atoms with Gasteiger partial charge in [0.05, 0.1) is 5.52 Å². The molecule has 2 nitrogen and oxygen atoms in total. The van der Waals surface area contributed by atoms with Crippen molar-refractivity contribution in [2.45, 2.75) is 0 Å². The zero-order valence-electron chi connectivity index (χ0n) is 6.49. The summed E-state index contributed by atoms with van der Waals surface area (Å²) in [6.45, 7) is 0. The van der Waals surface area contributed by atoms with Crippen molar-refractivity contribution in [1.29, 1.82) is 0 Å². The lowest BCUT2D eigenvalue weighted by Crippen LogP contribution is -1.74. The quantitative estimate of drug-likeness (QED) is 0.516. The smallest absolute Gasteiger partial charge is 0.0717 e. The largest absolute Gasteiger partial charge is 0.302 e. The van der Waals surface area contributed by atoms with Crippen LogP contribution in [0.1, 0.15) is 0 Å². The molecule has 12 heavy (non-hydrogen) atoms. The molecule has 58 valence electrons. The van der Waals surface area contributed by atoms with Gasteiger partial charge < -0.3 is 5.10 Å². The standard InChI is InChI=1S/C10H8N2/c1-2-4-9-8(3-1)7-12-10(9)5-6-11-12/h1-7,11H. The van der Waals surface area contributed by atoms with Crippen LogP contribution in [-0.4, -0.2) is 9.61 Å². The Morgan fingerprint density at radius 2 is 2.00 bits per heavy atom. The highest BCUT2D eigenvalue weighted by molar-refractivity contribution is 5.96. The predicted molar refractivity (Wildman–Crippen MR) is 49.3 cm³/mol. The van der Waals surface area contributed by atoms with Gasteiger partial charge in [-0.25, -0.2) is 0 Å². The molecule has 0 bridgehead atoms. The van der Waals surface area contributed by atoms with Crippen LogP contribution in [-0.2, 0) is 0 Å². The van der Waals surface area contributed by atoms with Crippen LogP contribution >= 0.6 is 0 Å². The Hall–Kier alpha value is -1.70. The highest BCUT2D eigenvalue weighted by atomic mass is 15.2. The number of fused-ring (bicyclic) bond motifs is 3. The summed E-state index contributed by atoms with van der Waals surface area (Å²) in [6, 6.07) is 10.5. The lowest BCUT2D eigenvalue weighted by molar-refractivity contribution is 0.981. The molecule has 2 heteroatoms. The van der Waals surface area contributed by atoms with Crippen LogP contribution in [0.25, 0.3) is 16.3 Å². The maximum atomic E-state index is 3.13. The SMILES string of the molecule is c1ccc2c(c1)cn1[nH]ccc21. The molecule has 1 N–H and O–H groups in total. The first-order valence-electron chi connectivity index (χ1n) is 3.98. The van der Waals surface area contributed by atoms with Gasteiger partial charge in [0, 0.05) is 23.2 Å². The van der Waals surface area contributed by atoms with Crippen molar-refractivity contribution < 1.29 is 0 Å². The van der Waals surface area contributed by atoms with Gasteiger partial charge in [-0.15, -0.1) is 0 Å². The van der Waals surface area contributed by atoms with Crippen LogP contribution in [0.15, 0.2) is 42.7 Å². The van der Waals surface area contributed by atoms with Gasteiger partial charge in [-0.2, -0.15) is 0 Å². The van der Waals surface area contributed by atoms with E-state index in [0.717, 1.165) is 0 Å². The van der Waals surface area contributed by atoms with Gasteiger partial charge in [0.2, 0.25) is 0 Å². The summed E-state index contributed by atoms with van der Waals surface area (Å²) in [5, 5.41) is 5.71. The normalized spacial score (nSPS) is 11.3. The number of aromatic amines is 1. The van der Waals surface area contributed by atoms with E-state index in [-0.39, 0.29) is 0 Å². The molecule has 0 radical (unpaired) electrons. The molecule has 2 aromatic heterocycles. The van der Waals surface area contributed by atoms with E-state index < -0.39 is 0 Å². The summed E-state index contributed by atoms with van der Waals surface area (Å²) >= 11 is 0. The van der Waals surface area contributed by atoms with E-state index in [1.54, 1.807) is 0 Å². The summed E-state index contributed by atoms with van der Waals surface area (Å²) in [7, 11) is 0. The van der Waals surface area contributed by atoms with E-state index in [9.17, 15) is 0 Å². The second-order valence-electron chi connectivity index (χ2n) is 2.93. The van der Waals surface area contributed by atoms with Crippen molar-refractivity contribution in [2.75, 3.05) is 0 Å².